The molecular formula is C15H17Br2ClN2O. The lowest BCUT2D eigenvalue weighted by atomic mass is 10.0. The second-order valence-electron chi connectivity index (χ2n) is 4.77. The van der Waals surface area contributed by atoms with Crippen molar-refractivity contribution in [3.63, 3.8) is 0 Å². The van der Waals surface area contributed by atoms with Crippen LogP contribution in [0.3, 0.4) is 0 Å². The van der Waals surface area contributed by atoms with Crippen molar-refractivity contribution in [3.8, 4) is 0 Å². The Morgan fingerprint density at radius 1 is 1.29 bits per heavy atom. The van der Waals surface area contributed by atoms with Crippen molar-refractivity contribution >= 4 is 43.5 Å². The Bertz CT molecular complexity index is 643. The maximum absolute atomic E-state index is 10.5. The van der Waals surface area contributed by atoms with Crippen LogP contribution in [-0.4, -0.2) is 14.9 Å². The molecule has 0 fully saturated rings. The molecule has 0 saturated carbocycles. The first-order valence-electron chi connectivity index (χ1n) is 6.84. The van der Waals surface area contributed by atoms with E-state index in [1.165, 1.54) is 0 Å². The van der Waals surface area contributed by atoms with E-state index >= 15 is 0 Å². The second-order valence-corrected chi connectivity index (χ2v) is 6.86. The standard InChI is InChI=1S/C15H17Br2ClN2O/c1-3-12-15(18)13(20(4-2)19-12)8-14(21)9-5-6-10(16)11(17)7-9/h5-7,14,21H,3-4,8H2,1-2H3. The van der Waals surface area contributed by atoms with Crippen LogP contribution in [0.2, 0.25) is 5.02 Å². The number of aryl methyl sites for hydroxylation is 2. The lowest BCUT2D eigenvalue weighted by Crippen LogP contribution is -2.09. The molecule has 2 rings (SSSR count). The molecule has 1 aromatic carbocycles. The first-order chi connectivity index (χ1) is 9.97. The van der Waals surface area contributed by atoms with Crippen LogP contribution in [-0.2, 0) is 19.4 Å². The monoisotopic (exact) mass is 434 g/mol. The van der Waals surface area contributed by atoms with Crippen LogP contribution in [0.15, 0.2) is 27.1 Å². The minimum Gasteiger partial charge on any atom is -0.388 e. The van der Waals surface area contributed by atoms with Gasteiger partial charge in [0.25, 0.3) is 0 Å². The van der Waals surface area contributed by atoms with Crippen LogP contribution in [0.4, 0.5) is 0 Å². The number of aromatic nitrogens is 2. The van der Waals surface area contributed by atoms with E-state index in [2.05, 4.69) is 37.0 Å². The molecule has 6 heteroatoms. The van der Waals surface area contributed by atoms with E-state index in [9.17, 15) is 5.11 Å². The average molecular weight is 437 g/mol. The van der Waals surface area contributed by atoms with Gasteiger partial charge in [-0.05, 0) is 62.9 Å². The summed E-state index contributed by atoms with van der Waals surface area (Å²) in [6.07, 6.45) is 0.630. The number of halogens is 3. The van der Waals surface area contributed by atoms with Gasteiger partial charge in [0.15, 0.2) is 0 Å². The van der Waals surface area contributed by atoms with Crippen molar-refractivity contribution in [2.24, 2.45) is 0 Å². The molecule has 2 aromatic rings. The Kier molecular flexibility index (Phi) is 5.88. The molecule has 114 valence electrons. The van der Waals surface area contributed by atoms with Gasteiger partial charge in [0.1, 0.15) is 0 Å². The summed E-state index contributed by atoms with van der Waals surface area (Å²) in [6.45, 7) is 4.79. The number of aliphatic hydroxyl groups is 1. The molecule has 0 aliphatic heterocycles. The summed E-state index contributed by atoms with van der Waals surface area (Å²) in [5, 5.41) is 15.6. The van der Waals surface area contributed by atoms with Crippen molar-refractivity contribution in [1.82, 2.24) is 9.78 Å². The molecule has 1 aromatic heterocycles. The van der Waals surface area contributed by atoms with Crippen LogP contribution in [0, 0.1) is 0 Å². The summed E-state index contributed by atoms with van der Waals surface area (Å²) in [4.78, 5) is 0. The lowest BCUT2D eigenvalue weighted by molar-refractivity contribution is 0.175. The van der Waals surface area contributed by atoms with Gasteiger partial charge in [-0.25, -0.2) is 0 Å². The molecule has 1 N–H and O–H groups in total. The fourth-order valence-electron chi connectivity index (χ4n) is 2.23. The number of benzene rings is 1. The minimum absolute atomic E-state index is 0.452. The Labute approximate surface area is 146 Å². The predicted octanol–water partition coefficient (Wildman–Crippen LogP) is 4.92. The van der Waals surface area contributed by atoms with Gasteiger partial charge in [-0.1, -0.05) is 24.6 Å². The number of aliphatic hydroxyl groups excluding tert-OH is 1. The molecule has 1 atom stereocenters. The molecule has 3 nitrogen and oxygen atoms in total. The Hall–Kier alpha value is -0.360. The molecule has 1 heterocycles. The van der Waals surface area contributed by atoms with Crippen LogP contribution in [0.5, 0.6) is 0 Å². The van der Waals surface area contributed by atoms with Gasteiger partial charge in [0.05, 0.1) is 22.5 Å². The zero-order chi connectivity index (χ0) is 15.6. The third-order valence-electron chi connectivity index (χ3n) is 3.41. The zero-order valence-electron chi connectivity index (χ0n) is 11.9. The summed E-state index contributed by atoms with van der Waals surface area (Å²) in [5.74, 6) is 0. The zero-order valence-corrected chi connectivity index (χ0v) is 15.8. The molecule has 0 saturated heterocycles. The van der Waals surface area contributed by atoms with Gasteiger partial charge in [0.2, 0.25) is 0 Å². The maximum Gasteiger partial charge on any atom is 0.0851 e. The van der Waals surface area contributed by atoms with Crippen LogP contribution >= 0.6 is 43.5 Å². The van der Waals surface area contributed by atoms with Gasteiger partial charge in [0, 0.05) is 21.9 Å². The van der Waals surface area contributed by atoms with Gasteiger partial charge in [-0.15, -0.1) is 0 Å². The van der Waals surface area contributed by atoms with Crippen molar-refractivity contribution in [3.05, 3.63) is 49.1 Å². The topological polar surface area (TPSA) is 38.0 Å². The maximum atomic E-state index is 10.5. The Balaban J connectivity index is 2.28. The number of nitrogens with zero attached hydrogens (tertiary/aromatic N) is 2. The molecule has 0 spiro atoms. The van der Waals surface area contributed by atoms with Gasteiger partial charge in [-0.2, -0.15) is 5.10 Å². The third-order valence-corrected chi connectivity index (χ3v) is 5.73. The van der Waals surface area contributed by atoms with E-state index in [4.69, 9.17) is 11.6 Å². The van der Waals surface area contributed by atoms with E-state index in [1.54, 1.807) is 0 Å². The molecule has 1 unspecified atom stereocenters. The highest BCUT2D eigenvalue weighted by molar-refractivity contribution is 9.13. The van der Waals surface area contributed by atoms with Crippen LogP contribution in [0.25, 0.3) is 0 Å². The first kappa shape index (κ1) is 17.0. The average Bonchev–Trinajstić information content (AvgIpc) is 2.78. The number of rotatable bonds is 5. The van der Waals surface area contributed by atoms with E-state index < -0.39 is 6.10 Å². The third kappa shape index (κ3) is 3.70. The van der Waals surface area contributed by atoms with Crippen molar-refractivity contribution in [2.45, 2.75) is 39.3 Å². The highest BCUT2D eigenvalue weighted by atomic mass is 79.9. The van der Waals surface area contributed by atoms with Gasteiger partial charge < -0.3 is 5.11 Å². The van der Waals surface area contributed by atoms with Crippen molar-refractivity contribution in [2.75, 3.05) is 0 Å². The van der Waals surface area contributed by atoms with E-state index in [1.807, 2.05) is 36.7 Å². The SMILES string of the molecule is CCc1nn(CC)c(CC(O)c2ccc(Br)c(Br)c2)c1Cl. The highest BCUT2D eigenvalue weighted by Gasteiger charge is 2.19. The molecule has 0 aliphatic rings. The van der Waals surface area contributed by atoms with E-state index in [-0.39, 0.29) is 0 Å². The molecule has 0 bridgehead atoms. The fourth-order valence-corrected chi connectivity index (χ4v) is 3.22. The summed E-state index contributed by atoms with van der Waals surface area (Å²) < 4.78 is 3.75. The van der Waals surface area contributed by atoms with Gasteiger partial charge >= 0.3 is 0 Å². The molecule has 0 aliphatic carbocycles. The van der Waals surface area contributed by atoms with Crippen LogP contribution in [0.1, 0.15) is 36.9 Å². The molecule has 0 radical (unpaired) electrons. The number of hydrogen-bond donors (Lipinski definition) is 1. The van der Waals surface area contributed by atoms with Gasteiger partial charge in [-0.3, -0.25) is 4.68 Å². The summed E-state index contributed by atoms with van der Waals surface area (Å²) in [5.41, 5.74) is 2.63. The number of hydrogen-bond acceptors (Lipinski definition) is 2. The Morgan fingerprint density at radius 3 is 2.57 bits per heavy atom. The largest absolute Gasteiger partial charge is 0.388 e. The molecular weight excluding hydrogens is 419 g/mol. The summed E-state index contributed by atoms with van der Waals surface area (Å²) in [6, 6.07) is 5.73. The highest BCUT2D eigenvalue weighted by Crippen LogP contribution is 2.30. The van der Waals surface area contributed by atoms with Crippen molar-refractivity contribution < 1.29 is 5.11 Å². The van der Waals surface area contributed by atoms with Crippen LogP contribution < -0.4 is 0 Å². The lowest BCUT2D eigenvalue weighted by Gasteiger charge is -2.13. The first-order valence-corrected chi connectivity index (χ1v) is 8.81. The summed E-state index contributed by atoms with van der Waals surface area (Å²) >= 11 is 13.3. The van der Waals surface area contributed by atoms with E-state index in [0.29, 0.717) is 11.4 Å². The van der Waals surface area contributed by atoms with Crippen molar-refractivity contribution in [1.29, 1.82) is 0 Å². The van der Waals surface area contributed by atoms with E-state index in [0.717, 1.165) is 38.9 Å². The quantitative estimate of drug-likeness (QED) is 0.723. The molecule has 0 amide bonds. The Morgan fingerprint density at radius 2 is 2.00 bits per heavy atom. The summed E-state index contributed by atoms with van der Waals surface area (Å²) in [7, 11) is 0. The predicted molar refractivity (Wildman–Crippen MR) is 92.8 cm³/mol. The minimum atomic E-state index is -0.612. The fraction of sp³-hybridized carbons (Fsp3) is 0.400. The smallest absolute Gasteiger partial charge is 0.0851 e. The second kappa shape index (κ2) is 7.27. The normalized spacial score (nSPS) is 12.7. The molecule has 21 heavy (non-hydrogen) atoms.